The molecule has 1 saturated heterocycles. The van der Waals surface area contributed by atoms with Gasteiger partial charge in [0.15, 0.2) is 0 Å². The van der Waals surface area contributed by atoms with Gasteiger partial charge in [-0.25, -0.2) is 14.3 Å². The molecule has 1 N–H and O–H groups in total. The molecule has 1 fully saturated rings. The van der Waals surface area contributed by atoms with Crippen molar-refractivity contribution < 1.29 is 4.79 Å². The van der Waals surface area contributed by atoms with E-state index in [1.807, 2.05) is 22.6 Å². The van der Waals surface area contributed by atoms with Gasteiger partial charge in [-0.2, -0.15) is 5.10 Å². The number of likely N-dealkylation sites (tertiary alicyclic amines) is 1. The summed E-state index contributed by atoms with van der Waals surface area (Å²) in [6.45, 7) is 3.82. The summed E-state index contributed by atoms with van der Waals surface area (Å²) in [5.41, 5.74) is 0.821. The molecule has 0 bridgehead atoms. The van der Waals surface area contributed by atoms with Crippen molar-refractivity contribution in [3.63, 3.8) is 0 Å². The van der Waals surface area contributed by atoms with E-state index in [0.29, 0.717) is 12.6 Å². The summed E-state index contributed by atoms with van der Waals surface area (Å²) in [5.74, 6) is 0. The lowest BCUT2D eigenvalue weighted by atomic mass is 10.1. The molecule has 0 atom stereocenters. The van der Waals surface area contributed by atoms with Crippen LogP contribution in [0.1, 0.15) is 29.6 Å². The van der Waals surface area contributed by atoms with Crippen molar-refractivity contribution in [1.82, 2.24) is 39.6 Å². The third-order valence-electron chi connectivity index (χ3n) is 4.22. The number of hydrogen-bond acceptors (Lipinski definition) is 6. The molecule has 1 aliphatic rings. The van der Waals surface area contributed by atoms with E-state index >= 15 is 0 Å². The average Bonchev–Trinajstić information content (AvgIpc) is 3.29. The molecule has 0 aliphatic carbocycles. The first kappa shape index (κ1) is 15.1. The topological polar surface area (TPSA) is 93.2 Å². The van der Waals surface area contributed by atoms with Crippen LogP contribution in [0.25, 0.3) is 4.96 Å². The Bertz CT molecular complexity index is 799. The first-order valence-electron chi connectivity index (χ1n) is 7.87. The van der Waals surface area contributed by atoms with E-state index in [4.69, 9.17) is 0 Å². The van der Waals surface area contributed by atoms with Gasteiger partial charge in [0.25, 0.3) is 0 Å². The maximum atomic E-state index is 12.3. The summed E-state index contributed by atoms with van der Waals surface area (Å²) >= 11 is 1.54. The molecule has 1 aliphatic heterocycles. The number of aromatic nitrogens is 6. The van der Waals surface area contributed by atoms with Gasteiger partial charge in [-0.05, 0) is 19.8 Å². The zero-order valence-corrected chi connectivity index (χ0v) is 14.1. The third-order valence-corrected chi connectivity index (χ3v) is 5.06. The van der Waals surface area contributed by atoms with E-state index in [-0.39, 0.29) is 6.03 Å². The minimum absolute atomic E-state index is 0.0438. The van der Waals surface area contributed by atoms with Crippen LogP contribution in [0, 0.1) is 6.92 Å². The number of carbonyl (C=O) groups is 1. The van der Waals surface area contributed by atoms with Gasteiger partial charge >= 0.3 is 6.03 Å². The zero-order valence-electron chi connectivity index (χ0n) is 13.3. The lowest BCUT2D eigenvalue weighted by Gasteiger charge is -2.32. The van der Waals surface area contributed by atoms with Gasteiger partial charge in [0.1, 0.15) is 17.7 Å². The minimum atomic E-state index is -0.0438. The average molecular weight is 346 g/mol. The number of aryl methyl sites for hydroxylation is 1. The highest BCUT2D eigenvalue weighted by atomic mass is 32.1. The first-order valence-corrected chi connectivity index (χ1v) is 8.69. The van der Waals surface area contributed by atoms with Crippen LogP contribution in [0.5, 0.6) is 0 Å². The predicted molar refractivity (Wildman–Crippen MR) is 87.7 cm³/mol. The van der Waals surface area contributed by atoms with Gasteiger partial charge in [-0.1, -0.05) is 11.3 Å². The molecule has 0 spiro atoms. The number of urea groups is 1. The number of piperidine rings is 1. The summed E-state index contributed by atoms with van der Waals surface area (Å²) in [5, 5.41) is 15.9. The summed E-state index contributed by atoms with van der Waals surface area (Å²) < 4.78 is 3.77. The van der Waals surface area contributed by atoms with Crippen LogP contribution in [-0.2, 0) is 6.54 Å². The molecule has 24 heavy (non-hydrogen) atoms. The number of nitrogens with one attached hydrogen (secondary N) is 1. The second kappa shape index (κ2) is 6.19. The van der Waals surface area contributed by atoms with Crippen molar-refractivity contribution in [2.75, 3.05) is 13.1 Å². The number of fused-ring (bicyclic) bond motifs is 1. The first-order chi connectivity index (χ1) is 11.7. The van der Waals surface area contributed by atoms with Crippen LogP contribution in [0.2, 0.25) is 0 Å². The van der Waals surface area contributed by atoms with E-state index in [1.54, 1.807) is 17.2 Å². The monoisotopic (exact) mass is 346 g/mol. The maximum Gasteiger partial charge on any atom is 0.317 e. The highest BCUT2D eigenvalue weighted by molar-refractivity contribution is 7.16. The van der Waals surface area contributed by atoms with Gasteiger partial charge in [-0.3, -0.25) is 0 Å². The van der Waals surface area contributed by atoms with Crippen molar-refractivity contribution in [3.8, 4) is 0 Å². The van der Waals surface area contributed by atoms with Crippen LogP contribution >= 0.6 is 11.3 Å². The molecular weight excluding hydrogens is 328 g/mol. The summed E-state index contributed by atoms with van der Waals surface area (Å²) in [6, 6.07) is 0.330. The van der Waals surface area contributed by atoms with Crippen molar-refractivity contribution >= 4 is 22.3 Å². The lowest BCUT2D eigenvalue weighted by molar-refractivity contribution is 0.171. The fraction of sp³-hybridized carbons (Fsp3) is 0.500. The van der Waals surface area contributed by atoms with Crippen LogP contribution < -0.4 is 5.32 Å². The van der Waals surface area contributed by atoms with Gasteiger partial charge in [0.05, 0.1) is 18.4 Å². The molecule has 0 radical (unpaired) electrons. The Balaban J connectivity index is 1.29. The number of nitrogens with zero attached hydrogens (tertiary/aromatic N) is 7. The fourth-order valence-corrected chi connectivity index (χ4v) is 3.72. The minimum Gasteiger partial charge on any atom is -0.332 e. The van der Waals surface area contributed by atoms with E-state index < -0.39 is 0 Å². The lowest BCUT2D eigenvalue weighted by Crippen LogP contribution is -2.44. The Hall–Kier alpha value is -2.49. The zero-order chi connectivity index (χ0) is 16.5. The number of hydrogen-bond donors (Lipinski definition) is 1. The molecule has 3 aromatic rings. The van der Waals surface area contributed by atoms with E-state index in [1.165, 1.54) is 11.3 Å². The largest absolute Gasteiger partial charge is 0.332 e. The highest BCUT2D eigenvalue weighted by Gasteiger charge is 2.23. The number of carbonyl (C=O) groups excluding carboxylic acids is 1. The van der Waals surface area contributed by atoms with Crippen molar-refractivity contribution in [2.45, 2.75) is 32.4 Å². The standard InChI is InChI=1S/C14H18N8OS/c1-10-19-22-7-11(18-14(22)24-10)6-15-13(23)20-4-2-12(3-5-20)21-8-16-17-9-21/h7-9,12H,2-6H2,1H3,(H,15,23). The normalized spacial score (nSPS) is 16.0. The van der Waals surface area contributed by atoms with E-state index in [0.717, 1.165) is 41.6 Å². The Labute approximate surface area is 142 Å². The van der Waals surface area contributed by atoms with Crippen LogP contribution in [0.15, 0.2) is 18.9 Å². The van der Waals surface area contributed by atoms with Gasteiger partial charge < -0.3 is 14.8 Å². The van der Waals surface area contributed by atoms with Crippen molar-refractivity contribution in [3.05, 3.63) is 29.6 Å². The highest BCUT2D eigenvalue weighted by Crippen LogP contribution is 2.21. The maximum absolute atomic E-state index is 12.3. The van der Waals surface area contributed by atoms with Gasteiger partial charge in [0, 0.05) is 19.1 Å². The van der Waals surface area contributed by atoms with Gasteiger partial charge in [-0.15, -0.1) is 10.2 Å². The molecule has 3 aromatic heterocycles. The molecular formula is C14H18N8OS. The van der Waals surface area contributed by atoms with Crippen LogP contribution in [-0.4, -0.2) is 53.4 Å². The number of rotatable bonds is 3. The van der Waals surface area contributed by atoms with Crippen LogP contribution in [0.3, 0.4) is 0 Å². The molecule has 2 amide bonds. The van der Waals surface area contributed by atoms with Crippen molar-refractivity contribution in [1.29, 1.82) is 0 Å². The quantitative estimate of drug-likeness (QED) is 0.770. The number of imidazole rings is 1. The van der Waals surface area contributed by atoms with Crippen molar-refractivity contribution in [2.24, 2.45) is 0 Å². The Morgan fingerprint density at radius 1 is 1.33 bits per heavy atom. The van der Waals surface area contributed by atoms with Gasteiger partial charge in [0.2, 0.25) is 4.96 Å². The molecule has 10 heteroatoms. The fourth-order valence-electron chi connectivity index (χ4n) is 2.97. The Kier molecular flexibility index (Phi) is 3.89. The third kappa shape index (κ3) is 2.96. The molecule has 126 valence electrons. The second-order valence-electron chi connectivity index (χ2n) is 5.87. The summed E-state index contributed by atoms with van der Waals surface area (Å²) in [6.07, 6.45) is 7.15. The molecule has 0 saturated carbocycles. The van der Waals surface area contributed by atoms with E-state index in [2.05, 4.69) is 25.6 Å². The Morgan fingerprint density at radius 3 is 2.79 bits per heavy atom. The summed E-state index contributed by atoms with van der Waals surface area (Å²) in [4.78, 5) is 19.5. The molecule has 0 unspecified atom stereocenters. The molecule has 9 nitrogen and oxygen atoms in total. The molecule has 4 heterocycles. The molecule has 0 aromatic carbocycles. The number of amides is 2. The second-order valence-corrected chi connectivity index (χ2v) is 7.03. The molecule has 4 rings (SSSR count). The Morgan fingerprint density at radius 2 is 2.08 bits per heavy atom. The smallest absolute Gasteiger partial charge is 0.317 e. The predicted octanol–water partition coefficient (Wildman–Crippen LogP) is 1.24. The SMILES string of the molecule is Cc1nn2cc(CNC(=O)N3CCC(n4cnnc4)CC3)nc2s1. The van der Waals surface area contributed by atoms with Crippen LogP contribution in [0.4, 0.5) is 4.79 Å². The summed E-state index contributed by atoms with van der Waals surface area (Å²) in [7, 11) is 0. The van der Waals surface area contributed by atoms with E-state index in [9.17, 15) is 4.79 Å².